The molecule has 1 aliphatic carbocycles. The van der Waals surface area contributed by atoms with Crippen molar-refractivity contribution in [2.45, 2.75) is 50.2 Å². The molecule has 0 radical (unpaired) electrons. The van der Waals surface area contributed by atoms with E-state index in [4.69, 9.17) is 0 Å². The normalized spacial score (nSPS) is 29.4. The fourth-order valence-corrected chi connectivity index (χ4v) is 3.68. The number of aromatic nitrogens is 1. The van der Waals surface area contributed by atoms with E-state index in [2.05, 4.69) is 21.2 Å². The Bertz CT molecular complexity index is 634. The number of nitrogens with one attached hydrogen (secondary N) is 3. The molecule has 0 bridgehead atoms. The van der Waals surface area contributed by atoms with Gasteiger partial charge in [-0.15, -0.1) is 0 Å². The van der Waals surface area contributed by atoms with Crippen molar-refractivity contribution in [3.05, 3.63) is 30.1 Å². The van der Waals surface area contributed by atoms with Gasteiger partial charge in [0.25, 0.3) is 0 Å². The van der Waals surface area contributed by atoms with Crippen LogP contribution in [-0.4, -0.2) is 46.9 Å². The lowest BCUT2D eigenvalue weighted by atomic mass is 9.95. The molecule has 3 heterocycles. The molecular weight excluding hydrogens is 318 g/mol. The standard InChI is InChI=1S/C18H25N5O2/c24-17(20-14-5-6-14)13-4-2-8-23(11-13)18(25)16-9-15(21-22-16)12-3-1-7-19-10-12/h1,3,7,10,13-16,21-22H,2,4-6,8-9,11H2,(H,20,24). The van der Waals surface area contributed by atoms with E-state index in [1.165, 1.54) is 0 Å². The first-order valence-corrected chi connectivity index (χ1v) is 9.21. The van der Waals surface area contributed by atoms with Crippen LogP contribution in [0, 0.1) is 5.92 Å². The molecular formula is C18H25N5O2. The second kappa shape index (κ2) is 7.09. The molecule has 3 N–H and O–H groups in total. The molecule has 1 saturated carbocycles. The summed E-state index contributed by atoms with van der Waals surface area (Å²) in [6.45, 7) is 1.27. The Balaban J connectivity index is 1.33. The number of carbonyl (C=O) groups is 2. The van der Waals surface area contributed by atoms with Crippen LogP contribution in [0.4, 0.5) is 0 Å². The maximum atomic E-state index is 12.9. The second-order valence-electron chi connectivity index (χ2n) is 7.32. The Labute approximate surface area is 147 Å². The third kappa shape index (κ3) is 3.82. The number of amides is 2. The molecule has 1 aromatic heterocycles. The lowest BCUT2D eigenvalue weighted by Gasteiger charge is -2.33. The largest absolute Gasteiger partial charge is 0.353 e. The van der Waals surface area contributed by atoms with E-state index in [9.17, 15) is 9.59 Å². The van der Waals surface area contributed by atoms with Gasteiger partial charge in [0.15, 0.2) is 0 Å². The van der Waals surface area contributed by atoms with Gasteiger partial charge in [-0.2, -0.15) is 0 Å². The number of hydrogen-bond acceptors (Lipinski definition) is 5. The Morgan fingerprint density at radius 2 is 2.12 bits per heavy atom. The van der Waals surface area contributed by atoms with Crippen LogP contribution in [0.2, 0.25) is 0 Å². The van der Waals surface area contributed by atoms with Crippen LogP contribution < -0.4 is 16.2 Å². The third-order valence-electron chi connectivity index (χ3n) is 5.32. The summed E-state index contributed by atoms with van der Waals surface area (Å²) in [5.41, 5.74) is 7.39. The van der Waals surface area contributed by atoms with Crippen LogP contribution in [0.1, 0.15) is 43.7 Å². The quantitative estimate of drug-likeness (QED) is 0.741. The van der Waals surface area contributed by atoms with E-state index < -0.39 is 0 Å². The van der Waals surface area contributed by atoms with E-state index in [0.717, 1.165) is 37.8 Å². The van der Waals surface area contributed by atoms with Gasteiger partial charge in [0.05, 0.1) is 5.92 Å². The molecule has 0 aromatic carbocycles. The van der Waals surface area contributed by atoms with Gasteiger partial charge in [-0.3, -0.25) is 14.6 Å². The van der Waals surface area contributed by atoms with Crippen molar-refractivity contribution in [3.63, 3.8) is 0 Å². The van der Waals surface area contributed by atoms with Crippen molar-refractivity contribution in [1.82, 2.24) is 26.1 Å². The minimum absolute atomic E-state index is 0.0678. The first kappa shape index (κ1) is 16.5. The second-order valence-corrected chi connectivity index (χ2v) is 7.32. The van der Waals surface area contributed by atoms with Gasteiger partial charge in [-0.25, -0.2) is 10.9 Å². The van der Waals surface area contributed by atoms with Crippen LogP contribution in [0.3, 0.4) is 0 Å². The minimum atomic E-state index is -0.254. The summed E-state index contributed by atoms with van der Waals surface area (Å²) in [6.07, 6.45) is 8.21. The molecule has 7 nitrogen and oxygen atoms in total. The van der Waals surface area contributed by atoms with Gasteiger partial charge in [0, 0.05) is 37.6 Å². The number of piperidine rings is 1. The topological polar surface area (TPSA) is 86.4 Å². The first-order chi connectivity index (χ1) is 12.2. The van der Waals surface area contributed by atoms with Crippen molar-refractivity contribution in [2.24, 2.45) is 5.92 Å². The molecule has 3 aliphatic rings. The number of rotatable bonds is 4. The van der Waals surface area contributed by atoms with E-state index in [1.807, 2.05) is 23.2 Å². The first-order valence-electron chi connectivity index (χ1n) is 9.21. The highest BCUT2D eigenvalue weighted by atomic mass is 16.2. The molecule has 3 atom stereocenters. The van der Waals surface area contributed by atoms with Crippen molar-refractivity contribution < 1.29 is 9.59 Å². The Morgan fingerprint density at radius 3 is 2.88 bits per heavy atom. The zero-order valence-corrected chi connectivity index (χ0v) is 14.3. The summed E-state index contributed by atoms with van der Waals surface area (Å²) in [6, 6.07) is 4.12. The molecule has 2 aliphatic heterocycles. The fourth-order valence-electron chi connectivity index (χ4n) is 3.68. The van der Waals surface area contributed by atoms with E-state index in [1.54, 1.807) is 6.20 Å². The zero-order chi connectivity index (χ0) is 17.2. The molecule has 2 amide bonds. The summed E-state index contributed by atoms with van der Waals surface area (Å²) in [7, 11) is 0. The van der Waals surface area contributed by atoms with Crippen molar-refractivity contribution >= 4 is 11.8 Å². The van der Waals surface area contributed by atoms with Gasteiger partial charge in [-0.05, 0) is 43.7 Å². The van der Waals surface area contributed by atoms with Gasteiger partial charge < -0.3 is 10.2 Å². The predicted molar refractivity (Wildman–Crippen MR) is 92.1 cm³/mol. The Kier molecular flexibility index (Phi) is 4.67. The molecule has 1 aromatic rings. The number of likely N-dealkylation sites (tertiary alicyclic amines) is 1. The fraction of sp³-hybridized carbons (Fsp3) is 0.611. The summed E-state index contributed by atoms with van der Waals surface area (Å²) < 4.78 is 0. The lowest BCUT2D eigenvalue weighted by molar-refractivity contribution is -0.137. The predicted octanol–water partition coefficient (Wildman–Crippen LogP) is 0.506. The maximum Gasteiger partial charge on any atom is 0.241 e. The van der Waals surface area contributed by atoms with Gasteiger partial charge in [0.2, 0.25) is 11.8 Å². The summed E-state index contributed by atoms with van der Waals surface area (Å²) >= 11 is 0. The molecule has 3 fully saturated rings. The molecule has 2 saturated heterocycles. The van der Waals surface area contributed by atoms with Crippen molar-refractivity contribution in [1.29, 1.82) is 0 Å². The van der Waals surface area contributed by atoms with Gasteiger partial charge >= 0.3 is 0 Å². The molecule has 134 valence electrons. The third-order valence-corrected chi connectivity index (χ3v) is 5.32. The molecule has 3 unspecified atom stereocenters. The summed E-state index contributed by atoms with van der Waals surface area (Å²) in [5.74, 6) is 0.135. The minimum Gasteiger partial charge on any atom is -0.353 e. The monoisotopic (exact) mass is 343 g/mol. The summed E-state index contributed by atoms with van der Waals surface area (Å²) in [4.78, 5) is 31.1. The van der Waals surface area contributed by atoms with Crippen LogP contribution >= 0.6 is 0 Å². The van der Waals surface area contributed by atoms with Crippen LogP contribution in [-0.2, 0) is 9.59 Å². The number of hydrazine groups is 1. The van der Waals surface area contributed by atoms with Crippen LogP contribution in [0.5, 0.6) is 0 Å². The maximum absolute atomic E-state index is 12.9. The van der Waals surface area contributed by atoms with Crippen molar-refractivity contribution in [3.8, 4) is 0 Å². The van der Waals surface area contributed by atoms with Crippen molar-refractivity contribution in [2.75, 3.05) is 13.1 Å². The highest BCUT2D eigenvalue weighted by Crippen LogP contribution is 2.25. The molecule has 0 spiro atoms. The molecule has 7 heteroatoms. The van der Waals surface area contributed by atoms with Gasteiger partial charge in [-0.1, -0.05) is 6.07 Å². The lowest BCUT2D eigenvalue weighted by Crippen LogP contribution is -2.51. The smallest absolute Gasteiger partial charge is 0.241 e. The molecule has 4 rings (SSSR count). The van der Waals surface area contributed by atoms with E-state index >= 15 is 0 Å². The molecule has 25 heavy (non-hydrogen) atoms. The average Bonchev–Trinajstić information content (AvgIpc) is 3.34. The average molecular weight is 343 g/mol. The van der Waals surface area contributed by atoms with Crippen LogP contribution in [0.25, 0.3) is 0 Å². The number of pyridine rings is 1. The zero-order valence-electron chi connectivity index (χ0n) is 14.3. The highest BCUT2D eigenvalue weighted by Gasteiger charge is 2.37. The number of carbonyl (C=O) groups excluding carboxylic acids is 2. The number of hydrogen-bond donors (Lipinski definition) is 3. The van der Waals surface area contributed by atoms with E-state index in [-0.39, 0.29) is 29.8 Å². The van der Waals surface area contributed by atoms with Crippen LogP contribution in [0.15, 0.2) is 24.5 Å². The summed E-state index contributed by atoms with van der Waals surface area (Å²) in [5, 5.41) is 3.07. The SMILES string of the molecule is O=C(NC1CC1)C1CCCN(C(=O)C2CC(c3cccnc3)NN2)C1. The highest BCUT2D eigenvalue weighted by molar-refractivity contribution is 5.84. The Morgan fingerprint density at radius 1 is 1.24 bits per heavy atom. The number of nitrogens with zero attached hydrogens (tertiary/aromatic N) is 2. The van der Waals surface area contributed by atoms with E-state index in [0.29, 0.717) is 19.0 Å². The Hall–Kier alpha value is -1.99. The van der Waals surface area contributed by atoms with Gasteiger partial charge in [0.1, 0.15) is 6.04 Å².